The van der Waals surface area contributed by atoms with Gasteiger partial charge >= 0.3 is 0 Å². The first-order valence-corrected chi connectivity index (χ1v) is 10.6. The predicted octanol–water partition coefficient (Wildman–Crippen LogP) is 4.23. The van der Waals surface area contributed by atoms with Crippen LogP contribution in [0.15, 0.2) is 48.5 Å². The number of amides is 2. The highest BCUT2D eigenvalue weighted by Gasteiger charge is 2.26. The molecule has 162 valence electrons. The van der Waals surface area contributed by atoms with Gasteiger partial charge in [0.2, 0.25) is 5.91 Å². The Balaban J connectivity index is 2.04. The zero-order chi connectivity index (χ0) is 22.5. The van der Waals surface area contributed by atoms with Gasteiger partial charge in [-0.15, -0.1) is 0 Å². The van der Waals surface area contributed by atoms with E-state index in [1.807, 2.05) is 6.92 Å². The first-order chi connectivity index (χ1) is 14.0. The van der Waals surface area contributed by atoms with Crippen molar-refractivity contribution in [3.05, 3.63) is 59.7 Å². The van der Waals surface area contributed by atoms with Crippen LogP contribution >= 0.6 is 0 Å². The minimum Gasteiger partial charge on any atom is -0.330 e. The van der Waals surface area contributed by atoms with Crippen LogP contribution in [0.3, 0.4) is 0 Å². The van der Waals surface area contributed by atoms with Crippen LogP contribution in [-0.4, -0.2) is 17.9 Å². The molecule has 0 aliphatic carbocycles. The molecule has 5 nitrogen and oxygen atoms in total. The summed E-state index contributed by atoms with van der Waals surface area (Å²) in [6, 6.07) is 15.9. The molecule has 0 radical (unpaired) electrons. The van der Waals surface area contributed by atoms with Crippen LogP contribution in [-0.2, 0) is 15.0 Å². The van der Waals surface area contributed by atoms with Crippen molar-refractivity contribution in [3.8, 4) is 0 Å². The van der Waals surface area contributed by atoms with E-state index < -0.39 is 0 Å². The monoisotopic (exact) mass is 410 g/mol. The Morgan fingerprint density at radius 2 is 1.33 bits per heavy atom. The third-order valence-electron chi connectivity index (χ3n) is 5.26. The summed E-state index contributed by atoms with van der Waals surface area (Å²) in [4.78, 5) is 23.9. The minimum atomic E-state index is -0.241. The first-order valence-electron chi connectivity index (χ1n) is 10.6. The average molecular weight is 411 g/mol. The van der Waals surface area contributed by atoms with Crippen molar-refractivity contribution in [1.29, 1.82) is 0 Å². The molecule has 2 rings (SSSR count). The highest BCUT2D eigenvalue weighted by molar-refractivity contribution is 5.94. The summed E-state index contributed by atoms with van der Waals surface area (Å²) in [7, 11) is 0. The molecular formula is C25H36N3O2+. The summed E-state index contributed by atoms with van der Waals surface area (Å²) >= 11 is 0. The van der Waals surface area contributed by atoms with Gasteiger partial charge in [0.1, 0.15) is 6.04 Å². The number of carbonyl (C=O) groups is 2. The maximum Gasteiger partial charge on any atom is 0.282 e. The Morgan fingerprint density at radius 3 is 1.77 bits per heavy atom. The molecule has 0 saturated heterocycles. The number of nitrogens with one attached hydrogen (secondary N) is 2. The molecule has 0 heterocycles. The largest absolute Gasteiger partial charge is 0.330 e. The molecule has 4 N–H and O–H groups in total. The quantitative estimate of drug-likeness (QED) is 0.639. The van der Waals surface area contributed by atoms with E-state index in [0.717, 1.165) is 0 Å². The summed E-state index contributed by atoms with van der Waals surface area (Å²) in [5.41, 5.74) is 4.08. The number of rotatable bonds is 7. The number of benzene rings is 2. The third-order valence-corrected chi connectivity index (χ3v) is 5.26. The van der Waals surface area contributed by atoms with Gasteiger partial charge in [0.05, 0.1) is 0 Å². The van der Waals surface area contributed by atoms with E-state index >= 15 is 0 Å². The molecule has 0 saturated carbocycles. The fraction of sp³-hybridized carbons (Fsp3) is 0.440. The summed E-state index contributed by atoms with van der Waals surface area (Å²) in [6.45, 7) is 14.4. The second kappa shape index (κ2) is 9.90. The molecule has 2 aromatic rings. The maximum atomic E-state index is 12.7. The molecule has 0 unspecified atom stereocenters. The van der Waals surface area contributed by atoms with Crippen LogP contribution < -0.4 is 16.0 Å². The van der Waals surface area contributed by atoms with Gasteiger partial charge in [-0.1, -0.05) is 58.9 Å². The Labute approximate surface area is 180 Å². The normalized spacial score (nSPS) is 13.6. The Hall–Kier alpha value is -2.66. The highest BCUT2D eigenvalue weighted by Crippen LogP contribution is 2.25. The SMILES string of the molecule is CC(=O)Nc1ccc(NC(=O)[C@@H](C)[NH2+][C@@H](c2ccc(C(C)(C)C)cc2)C(C)C)cc1. The van der Waals surface area contributed by atoms with Gasteiger partial charge in [-0.2, -0.15) is 0 Å². The molecule has 2 aromatic carbocycles. The molecule has 0 fully saturated rings. The van der Waals surface area contributed by atoms with Gasteiger partial charge in [0, 0.05) is 29.8 Å². The molecule has 2 amide bonds. The van der Waals surface area contributed by atoms with Crippen molar-refractivity contribution in [3.63, 3.8) is 0 Å². The molecule has 0 aliphatic heterocycles. The van der Waals surface area contributed by atoms with Crippen LogP contribution in [0.1, 0.15) is 65.6 Å². The second-order valence-corrected chi connectivity index (χ2v) is 9.37. The fourth-order valence-electron chi connectivity index (χ4n) is 3.42. The standard InChI is InChI=1S/C25H35N3O2/c1-16(2)23(19-8-10-20(11-9-19)25(5,6)7)26-17(3)24(30)28-22-14-12-21(13-15-22)27-18(4)29/h8-17,23,26H,1-7H3,(H,27,29)(H,28,30)/p+1/t17-,23-/m1/s1. The topological polar surface area (TPSA) is 74.8 Å². The van der Waals surface area contributed by atoms with Crippen LogP contribution in [0.2, 0.25) is 0 Å². The van der Waals surface area contributed by atoms with E-state index in [9.17, 15) is 9.59 Å². The number of anilines is 2. The van der Waals surface area contributed by atoms with Gasteiger partial charge in [-0.25, -0.2) is 0 Å². The van der Waals surface area contributed by atoms with E-state index in [2.05, 4.69) is 74.8 Å². The number of carbonyl (C=O) groups excluding carboxylic acids is 2. The van der Waals surface area contributed by atoms with E-state index in [-0.39, 0.29) is 29.3 Å². The Morgan fingerprint density at radius 1 is 0.833 bits per heavy atom. The second-order valence-electron chi connectivity index (χ2n) is 9.37. The molecule has 0 aromatic heterocycles. The predicted molar refractivity (Wildman–Crippen MR) is 123 cm³/mol. The van der Waals surface area contributed by atoms with Gasteiger partial charge in [-0.3, -0.25) is 9.59 Å². The van der Waals surface area contributed by atoms with Crippen molar-refractivity contribution < 1.29 is 14.9 Å². The Kier molecular flexibility index (Phi) is 7.79. The summed E-state index contributed by atoms with van der Waals surface area (Å²) < 4.78 is 0. The van der Waals surface area contributed by atoms with Crippen molar-refractivity contribution >= 4 is 23.2 Å². The summed E-state index contributed by atoms with van der Waals surface area (Å²) in [5, 5.41) is 7.82. The van der Waals surface area contributed by atoms with Crippen LogP contribution in [0.25, 0.3) is 0 Å². The summed E-state index contributed by atoms with van der Waals surface area (Å²) in [5.74, 6) is 0.224. The minimum absolute atomic E-state index is 0.0424. The molecule has 5 heteroatoms. The summed E-state index contributed by atoms with van der Waals surface area (Å²) in [6.07, 6.45) is 0. The van der Waals surface area contributed by atoms with Crippen LogP contribution in [0.4, 0.5) is 11.4 Å². The molecule has 2 atom stereocenters. The zero-order valence-corrected chi connectivity index (χ0v) is 19.2. The first kappa shape index (κ1) is 23.6. The smallest absolute Gasteiger partial charge is 0.282 e. The Bertz CT molecular complexity index is 849. The molecule has 0 bridgehead atoms. The van der Waals surface area contributed by atoms with Crippen LogP contribution in [0, 0.1) is 5.92 Å². The van der Waals surface area contributed by atoms with Crippen molar-refractivity contribution in [2.24, 2.45) is 5.92 Å². The van der Waals surface area contributed by atoms with Crippen molar-refractivity contribution in [2.45, 2.75) is 66.0 Å². The van der Waals surface area contributed by atoms with Crippen molar-refractivity contribution in [2.75, 3.05) is 10.6 Å². The van der Waals surface area contributed by atoms with Crippen LogP contribution in [0.5, 0.6) is 0 Å². The van der Waals surface area contributed by atoms with Gasteiger partial charge in [-0.05, 0) is 42.2 Å². The van der Waals surface area contributed by atoms with E-state index in [4.69, 9.17) is 0 Å². The average Bonchev–Trinajstić information content (AvgIpc) is 2.66. The lowest BCUT2D eigenvalue weighted by atomic mass is 9.85. The fourth-order valence-corrected chi connectivity index (χ4v) is 3.42. The van der Waals surface area contributed by atoms with Crippen molar-refractivity contribution in [1.82, 2.24) is 0 Å². The van der Waals surface area contributed by atoms with E-state index in [1.54, 1.807) is 24.3 Å². The van der Waals surface area contributed by atoms with Gasteiger partial charge < -0.3 is 16.0 Å². The molecule has 30 heavy (non-hydrogen) atoms. The molecule has 0 aliphatic rings. The zero-order valence-electron chi connectivity index (χ0n) is 19.2. The van der Waals surface area contributed by atoms with E-state index in [1.165, 1.54) is 18.1 Å². The highest BCUT2D eigenvalue weighted by atomic mass is 16.2. The third kappa shape index (κ3) is 6.70. The maximum absolute atomic E-state index is 12.7. The van der Waals surface area contributed by atoms with E-state index in [0.29, 0.717) is 17.3 Å². The number of quaternary nitrogens is 1. The lowest BCUT2D eigenvalue weighted by Gasteiger charge is -2.25. The van der Waals surface area contributed by atoms with Gasteiger partial charge in [0.15, 0.2) is 6.04 Å². The molecule has 0 spiro atoms. The molecular weight excluding hydrogens is 374 g/mol. The lowest BCUT2D eigenvalue weighted by Crippen LogP contribution is -2.93. The number of nitrogens with two attached hydrogens (primary N) is 1. The van der Waals surface area contributed by atoms with Gasteiger partial charge in [0.25, 0.3) is 5.91 Å². The number of hydrogen-bond acceptors (Lipinski definition) is 2. The number of hydrogen-bond donors (Lipinski definition) is 3. The lowest BCUT2D eigenvalue weighted by molar-refractivity contribution is -0.718.